The van der Waals surface area contributed by atoms with Gasteiger partial charge in [0.2, 0.25) is 0 Å². The Morgan fingerprint density at radius 3 is 2.65 bits per heavy atom. The summed E-state index contributed by atoms with van der Waals surface area (Å²) < 4.78 is 0. The number of nitrogens with two attached hydrogens (primary N) is 1. The fourth-order valence-corrected chi connectivity index (χ4v) is 2.86. The highest BCUT2D eigenvalue weighted by molar-refractivity contribution is 5.18. The van der Waals surface area contributed by atoms with Crippen molar-refractivity contribution in [1.29, 1.82) is 0 Å². The summed E-state index contributed by atoms with van der Waals surface area (Å²) >= 11 is 0. The summed E-state index contributed by atoms with van der Waals surface area (Å²) in [5.74, 6) is 0.837. The van der Waals surface area contributed by atoms with Crippen molar-refractivity contribution in [3.8, 4) is 0 Å². The number of rotatable bonds is 3. The zero-order valence-electron chi connectivity index (χ0n) is 11.0. The number of piperidine rings is 1. The quantitative estimate of drug-likeness (QED) is 0.868. The second-order valence-electron chi connectivity index (χ2n) is 5.53. The van der Waals surface area contributed by atoms with Gasteiger partial charge in [0, 0.05) is 18.6 Å². The van der Waals surface area contributed by atoms with Crippen LogP contribution in [0.5, 0.6) is 0 Å². The first-order chi connectivity index (χ1) is 8.16. The maximum atomic E-state index is 6.30. The Balaban J connectivity index is 1.93. The molecule has 1 aromatic rings. The highest BCUT2D eigenvalue weighted by atomic mass is 15.1. The Labute approximate surface area is 105 Å². The second-order valence-corrected chi connectivity index (χ2v) is 5.53. The van der Waals surface area contributed by atoms with Gasteiger partial charge >= 0.3 is 0 Å². The molecule has 2 nitrogen and oxygen atoms in total. The smallest absolute Gasteiger partial charge is 0.0309 e. The molecule has 0 aliphatic carbocycles. The molecule has 0 amide bonds. The summed E-state index contributed by atoms with van der Waals surface area (Å²) in [5, 5.41) is 0. The van der Waals surface area contributed by atoms with E-state index in [9.17, 15) is 0 Å². The van der Waals surface area contributed by atoms with Crippen LogP contribution in [0.1, 0.15) is 37.8 Å². The third kappa shape index (κ3) is 3.30. The van der Waals surface area contributed by atoms with Gasteiger partial charge in [-0.3, -0.25) is 0 Å². The molecule has 0 aromatic heterocycles. The number of benzene rings is 1. The fraction of sp³-hybridized carbons (Fsp3) is 0.600. The molecule has 1 aliphatic heterocycles. The van der Waals surface area contributed by atoms with Crippen LogP contribution in [0.2, 0.25) is 0 Å². The van der Waals surface area contributed by atoms with Crippen LogP contribution in [0.25, 0.3) is 0 Å². The van der Waals surface area contributed by atoms with Crippen molar-refractivity contribution in [2.45, 2.75) is 38.3 Å². The Hall–Kier alpha value is -0.860. The van der Waals surface area contributed by atoms with E-state index < -0.39 is 0 Å². The van der Waals surface area contributed by atoms with Crippen LogP contribution in [0.4, 0.5) is 0 Å². The van der Waals surface area contributed by atoms with Crippen LogP contribution in [0, 0.1) is 5.92 Å². The highest BCUT2D eigenvalue weighted by Crippen LogP contribution is 2.26. The van der Waals surface area contributed by atoms with Crippen LogP contribution in [0.15, 0.2) is 30.3 Å². The van der Waals surface area contributed by atoms with Crippen LogP contribution in [0.3, 0.4) is 0 Å². The zero-order chi connectivity index (χ0) is 12.3. The molecule has 0 saturated carbocycles. The van der Waals surface area contributed by atoms with Crippen LogP contribution in [-0.4, -0.2) is 24.5 Å². The van der Waals surface area contributed by atoms with Gasteiger partial charge in [-0.2, -0.15) is 0 Å². The Bertz CT molecular complexity index is 336. The van der Waals surface area contributed by atoms with Crippen molar-refractivity contribution in [3.63, 3.8) is 0 Å². The van der Waals surface area contributed by atoms with E-state index in [1.807, 2.05) is 6.07 Å². The van der Waals surface area contributed by atoms with Crippen LogP contribution < -0.4 is 5.73 Å². The Morgan fingerprint density at radius 1 is 1.29 bits per heavy atom. The van der Waals surface area contributed by atoms with Gasteiger partial charge in [0.1, 0.15) is 0 Å². The normalized spacial score (nSPS) is 27.9. The van der Waals surface area contributed by atoms with Gasteiger partial charge in [-0.05, 0) is 37.8 Å². The van der Waals surface area contributed by atoms with E-state index in [4.69, 9.17) is 5.73 Å². The van der Waals surface area contributed by atoms with E-state index in [-0.39, 0.29) is 6.04 Å². The molecule has 94 valence electrons. The molecule has 1 fully saturated rings. The predicted octanol–water partition coefficient (Wildman–Crippen LogP) is 2.81. The standard InChI is InChI=1S/C15H24N2/c1-12-8-9-14(17(2)11-12)10-15(16)13-6-4-3-5-7-13/h3-7,12,14-15H,8-11,16H2,1-2H3. The molecule has 17 heavy (non-hydrogen) atoms. The summed E-state index contributed by atoms with van der Waals surface area (Å²) in [6, 6.07) is 11.3. The highest BCUT2D eigenvalue weighted by Gasteiger charge is 2.24. The molecule has 0 radical (unpaired) electrons. The molecule has 3 atom stereocenters. The molecule has 1 aliphatic rings. The summed E-state index contributed by atoms with van der Waals surface area (Å²) in [4.78, 5) is 2.48. The largest absolute Gasteiger partial charge is 0.324 e. The molecule has 1 heterocycles. The minimum Gasteiger partial charge on any atom is -0.324 e. The van der Waals surface area contributed by atoms with E-state index >= 15 is 0 Å². The number of hydrogen-bond donors (Lipinski definition) is 1. The molecule has 2 heteroatoms. The van der Waals surface area contributed by atoms with E-state index in [0.29, 0.717) is 6.04 Å². The fourth-order valence-electron chi connectivity index (χ4n) is 2.86. The maximum absolute atomic E-state index is 6.30. The number of hydrogen-bond acceptors (Lipinski definition) is 2. The Kier molecular flexibility index (Phi) is 4.19. The molecule has 0 spiro atoms. The summed E-state index contributed by atoms with van der Waals surface area (Å²) in [6.07, 6.45) is 3.71. The van der Waals surface area contributed by atoms with E-state index in [2.05, 4.69) is 43.1 Å². The van der Waals surface area contributed by atoms with E-state index in [0.717, 1.165) is 12.3 Å². The molecule has 0 bridgehead atoms. The van der Waals surface area contributed by atoms with Crippen LogP contribution in [-0.2, 0) is 0 Å². The molecule has 3 unspecified atom stereocenters. The van der Waals surface area contributed by atoms with Crippen molar-refractivity contribution in [2.75, 3.05) is 13.6 Å². The van der Waals surface area contributed by atoms with Gasteiger partial charge in [0.25, 0.3) is 0 Å². The molecule has 2 rings (SSSR count). The summed E-state index contributed by atoms with van der Waals surface area (Å²) in [7, 11) is 2.23. The lowest BCUT2D eigenvalue weighted by molar-refractivity contribution is 0.132. The van der Waals surface area contributed by atoms with Gasteiger partial charge < -0.3 is 10.6 Å². The average molecular weight is 232 g/mol. The van der Waals surface area contributed by atoms with Gasteiger partial charge in [0.05, 0.1) is 0 Å². The second kappa shape index (κ2) is 5.65. The minimum absolute atomic E-state index is 0.178. The minimum atomic E-state index is 0.178. The van der Waals surface area contributed by atoms with E-state index in [1.165, 1.54) is 24.9 Å². The molecular formula is C15H24N2. The van der Waals surface area contributed by atoms with Crippen molar-refractivity contribution in [3.05, 3.63) is 35.9 Å². The third-order valence-electron chi connectivity index (χ3n) is 3.97. The first-order valence-electron chi connectivity index (χ1n) is 6.67. The molecular weight excluding hydrogens is 208 g/mol. The monoisotopic (exact) mass is 232 g/mol. The zero-order valence-corrected chi connectivity index (χ0v) is 11.0. The van der Waals surface area contributed by atoms with Crippen molar-refractivity contribution >= 4 is 0 Å². The van der Waals surface area contributed by atoms with Crippen molar-refractivity contribution < 1.29 is 0 Å². The third-order valence-corrected chi connectivity index (χ3v) is 3.97. The van der Waals surface area contributed by atoms with Gasteiger partial charge in [-0.15, -0.1) is 0 Å². The molecule has 1 saturated heterocycles. The van der Waals surface area contributed by atoms with Crippen molar-refractivity contribution in [1.82, 2.24) is 4.90 Å². The number of likely N-dealkylation sites (tertiary alicyclic amines) is 1. The van der Waals surface area contributed by atoms with Crippen molar-refractivity contribution in [2.24, 2.45) is 11.7 Å². The lowest BCUT2D eigenvalue weighted by Gasteiger charge is -2.37. The van der Waals surface area contributed by atoms with E-state index in [1.54, 1.807) is 0 Å². The SMILES string of the molecule is CC1CCC(CC(N)c2ccccc2)N(C)C1. The maximum Gasteiger partial charge on any atom is 0.0309 e. The first-order valence-corrected chi connectivity index (χ1v) is 6.67. The number of nitrogens with zero attached hydrogens (tertiary/aromatic N) is 1. The molecule has 2 N–H and O–H groups in total. The lowest BCUT2D eigenvalue weighted by atomic mass is 9.89. The van der Waals surface area contributed by atoms with Crippen LogP contribution >= 0.6 is 0 Å². The predicted molar refractivity (Wildman–Crippen MR) is 72.8 cm³/mol. The van der Waals surface area contributed by atoms with Gasteiger partial charge in [-0.25, -0.2) is 0 Å². The topological polar surface area (TPSA) is 29.3 Å². The first kappa shape index (κ1) is 12.6. The average Bonchev–Trinajstić information content (AvgIpc) is 2.34. The van der Waals surface area contributed by atoms with Gasteiger partial charge in [0.15, 0.2) is 0 Å². The summed E-state index contributed by atoms with van der Waals surface area (Å²) in [6.45, 7) is 3.55. The van der Waals surface area contributed by atoms with Gasteiger partial charge in [-0.1, -0.05) is 37.3 Å². The summed E-state index contributed by atoms with van der Waals surface area (Å²) in [5.41, 5.74) is 7.56. The lowest BCUT2D eigenvalue weighted by Crippen LogP contribution is -2.41. The Morgan fingerprint density at radius 2 is 2.00 bits per heavy atom. The molecule has 1 aromatic carbocycles.